The van der Waals surface area contributed by atoms with E-state index in [9.17, 15) is 18.8 Å². The number of fused-ring (bicyclic) bond motifs is 1. The number of halogens is 1. The molecule has 190 valence electrons. The lowest BCUT2D eigenvalue weighted by Crippen LogP contribution is -2.52. The van der Waals surface area contributed by atoms with Crippen molar-refractivity contribution in [2.24, 2.45) is 0 Å². The first-order valence-corrected chi connectivity index (χ1v) is 12.3. The molecule has 2 aromatic rings. The predicted octanol–water partition coefficient (Wildman–Crippen LogP) is 2.81. The zero-order chi connectivity index (χ0) is 26.3. The third-order valence-corrected chi connectivity index (χ3v) is 6.89. The molecular weight excluding hydrogens is 463 g/mol. The van der Waals surface area contributed by atoms with Crippen LogP contribution in [0.5, 0.6) is 0 Å². The zero-order valence-corrected chi connectivity index (χ0v) is 20.5. The topological polar surface area (TPSA) is 91.0 Å². The molecule has 2 aromatic carbocycles. The van der Waals surface area contributed by atoms with Crippen LogP contribution in [0.3, 0.4) is 0 Å². The fourth-order valence-corrected chi connectivity index (χ4v) is 5.28. The second-order valence-electron chi connectivity index (χ2n) is 9.78. The molecule has 3 aliphatic rings. The number of nitrogens with zero attached hydrogens (tertiary/aromatic N) is 2. The van der Waals surface area contributed by atoms with Gasteiger partial charge in [-0.1, -0.05) is 18.2 Å². The zero-order valence-electron chi connectivity index (χ0n) is 21.5. The highest BCUT2D eigenvalue weighted by Gasteiger charge is 2.39. The second-order valence-corrected chi connectivity index (χ2v) is 9.78. The van der Waals surface area contributed by atoms with Crippen molar-refractivity contribution >= 4 is 23.4 Å². The van der Waals surface area contributed by atoms with Crippen molar-refractivity contribution in [2.75, 3.05) is 18.4 Å². The van der Waals surface area contributed by atoms with Crippen molar-refractivity contribution in [1.29, 1.82) is 0 Å². The van der Waals surface area contributed by atoms with E-state index in [1.807, 2.05) is 19.9 Å². The molecule has 0 spiro atoms. The molecule has 2 fully saturated rings. The maximum atomic E-state index is 15.0. The van der Waals surface area contributed by atoms with Crippen molar-refractivity contribution in [3.8, 4) is 0 Å². The number of ether oxygens (including phenoxy) is 1. The van der Waals surface area contributed by atoms with Crippen molar-refractivity contribution in [3.05, 3.63) is 64.5 Å². The summed E-state index contributed by atoms with van der Waals surface area (Å²) in [6.07, 6.45) is 0.235. The number of rotatable bonds is 6. The van der Waals surface area contributed by atoms with E-state index in [1.165, 1.54) is 4.90 Å². The standard InChI is InChI=1S/C27H31FN4O4/c1-16-12-31(13-17(2)36-16)14-18-6-7-19(22(28)10-18)11-29-23-5-3-4-20-21(23)15-32(27(20)35)24-8-9-25(33)30-26(24)34/h3-7,10,16-17,24,29H,8-9,11-15H2,1-2H3,(H,30,33,34)/t16?,17?,24-/m1/s1/i24D. The maximum Gasteiger partial charge on any atom is 0.255 e. The highest BCUT2D eigenvalue weighted by Crippen LogP contribution is 2.32. The number of carbonyl (C=O) groups is 3. The lowest BCUT2D eigenvalue weighted by Gasteiger charge is -2.35. The molecule has 3 heterocycles. The molecule has 0 aliphatic carbocycles. The largest absolute Gasteiger partial charge is 0.381 e. The predicted molar refractivity (Wildman–Crippen MR) is 131 cm³/mol. The molecule has 0 saturated carbocycles. The lowest BCUT2D eigenvalue weighted by molar-refractivity contribution is -0.136. The first kappa shape index (κ1) is 23.1. The van der Waals surface area contributed by atoms with Gasteiger partial charge in [0.2, 0.25) is 11.8 Å². The van der Waals surface area contributed by atoms with Gasteiger partial charge in [-0.15, -0.1) is 0 Å². The van der Waals surface area contributed by atoms with Crippen LogP contribution in [0.15, 0.2) is 36.4 Å². The number of hydrogen-bond acceptors (Lipinski definition) is 6. The number of benzene rings is 2. The Kier molecular flexibility index (Phi) is 6.41. The number of piperidine rings is 1. The second kappa shape index (κ2) is 9.99. The minimum atomic E-state index is -1.85. The smallest absolute Gasteiger partial charge is 0.255 e. The van der Waals surface area contributed by atoms with Crippen LogP contribution in [0.2, 0.25) is 0 Å². The summed E-state index contributed by atoms with van der Waals surface area (Å²) in [7, 11) is 0. The Balaban J connectivity index is 1.27. The number of imide groups is 1. The summed E-state index contributed by atoms with van der Waals surface area (Å²) in [5.41, 5.74) is 3.08. The SMILES string of the molecule is [2H][C@@]1(N2Cc3c(NCc4ccc(CN5CC(C)OC(C)C5)cc4F)cccc3C2=O)CCC(=O)NC1=O. The molecule has 2 unspecified atom stereocenters. The van der Waals surface area contributed by atoms with Crippen LogP contribution in [0.1, 0.15) is 55.1 Å². The number of morpholine rings is 1. The van der Waals surface area contributed by atoms with Crippen LogP contribution in [0.4, 0.5) is 10.1 Å². The summed E-state index contributed by atoms with van der Waals surface area (Å²) in [5, 5.41) is 5.40. The quantitative estimate of drug-likeness (QED) is 0.599. The fourth-order valence-electron chi connectivity index (χ4n) is 5.28. The fraction of sp³-hybridized carbons (Fsp3) is 0.444. The van der Waals surface area contributed by atoms with E-state index in [2.05, 4.69) is 15.5 Å². The number of amides is 3. The van der Waals surface area contributed by atoms with E-state index in [4.69, 9.17) is 6.11 Å². The summed E-state index contributed by atoms with van der Waals surface area (Å²) in [4.78, 5) is 40.6. The molecule has 36 heavy (non-hydrogen) atoms. The molecular formula is C27H31FN4O4. The van der Waals surface area contributed by atoms with Gasteiger partial charge in [-0.2, -0.15) is 0 Å². The molecule has 9 heteroatoms. The molecule has 2 N–H and O–H groups in total. The molecule has 8 nitrogen and oxygen atoms in total. The van der Waals surface area contributed by atoms with Gasteiger partial charge in [0.05, 0.1) is 13.6 Å². The third-order valence-electron chi connectivity index (χ3n) is 6.89. The summed E-state index contributed by atoms with van der Waals surface area (Å²) in [5.74, 6) is -1.97. The van der Waals surface area contributed by atoms with Gasteiger partial charge < -0.3 is 15.0 Å². The van der Waals surface area contributed by atoms with Crippen molar-refractivity contribution in [3.63, 3.8) is 0 Å². The summed E-state index contributed by atoms with van der Waals surface area (Å²) < 4.78 is 29.4. The Labute approximate surface area is 211 Å². The van der Waals surface area contributed by atoms with E-state index >= 15 is 0 Å². The molecule has 3 aliphatic heterocycles. The van der Waals surface area contributed by atoms with Gasteiger partial charge in [0.25, 0.3) is 5.91 Å². The van der Waals surface area contributed by atoms with Gasteiger partial charge in [0.15, 0.2) is 0 Å². The number of anilines is 1. The average molecular weight is 496 g/mol. The van der Waals surface area contributed by atoms with Crippen LogP contribution in [-0.4, -0.2) is 58.8 Å². The Hall–Kier alpha value is -3.30. The first-order valence-electron chi connectivity index (χ1n) is 12.8. The molecule has 3 amide bonds. The third kappa shape index (κ3) is 4.99. The summed E-state index contributed by atoms with van der Waals surface area (Å²) in [6, 6.07) is 8.58. The number of carbonyl (C=O) groups excluding carboxylic acids is 3. The molecule has 0 radical (unpaired) electrons. The Morgan fingerprint density at radius 1 is 1.17 bits per heavy atom. The Bertz CT molecular complexity index is 1250. The molecule has 3 atom stereocenters. The monoisotopic (exact) mass is 495 g/mol. The Morgan fingerprint density at radius 3 is 2.67 bits per heavy atom. The van der Waals surface area contributed by atoms with E-state index in [1.54, 1.807) is 30.3 Å². The molecule has 5 rings (SSSR count). The van der Waals surface area contributed by atoms with Gasteiger partial charge in [-0.05, 0) is 44.0 Å². The van der Waals surface area contributed by atoms with E-state index in [0.717, 1.165) is 18.7 Å². The Morgan fingerprint density at radius 2 is 1.94 bits per heavy atom. The molecule has 0 aromatic heterocycles. The minimum Gasteiger partial charge on any atom is -0.381 e. The number of nitrogens with one attached hydrogen (secondary N) is 2. The molecule has 2 saturated heterocycles. The van der Waals surface area contributed by atoms with Crippen LogP contribution >= 0.6 is 0 Å². The van der Waals surface area contributed by atoms with E-state index in [-0.39, 0.29) is 44.0 Å². The van der Waals surface area contributed by atoms with Crippen LogP contribution in [0.25, 0.3) is 0 Å². The normalized spacial score (nSPS) is 27.0. The van der Waals surface area contributed by atoms with Crippen molar-refractivity contribution in [2.45, 2.75) is 64.5 Å². The van der Waals surface area contributed by atoms with Crippen LogP contribution in [-0.2, 0) is 34.0 Å². The lowest BCUT2D eigenvalue weighted by atomic mass is 10.0. The number of hydrogen-bond donors (Lipinski definition) is 2. The highest BCUT2D eigenvalue weighted by atomic mass is 19.1. The van der Waals surface area contributed by atoms with Crippen LogP contribution < -0.4 is 10.6 Å². The van der Waals surface area contributed by atoms with Gasteiger partial charge in [0, 0.05) is 61.5 Å². The maximum absolute atomic E-state index is 15.0. The van der Waals surface area contributed by atoms with Gasteiger partial charge in [0.1, 0.15) is 11.8 Å². The average Bonchev–Trinajstić information content (AvgIpc) is 3.18. The van der Waals surface area contributed by atoms with Crippen LogP contribution in [0, 0.1) is 5.82 Å². The summed E-state index contributed by atoms with van der Waals surface area (Å²) >= 11 is 0. The highest BCUT2D eigenvalue weighted by molar-refractivity contribution is 6.06. The van der Waals surface area contributed by atoms with Gasteiger partial charge in [-0.3, -0.25) is 24.6 Å². The summed E-state index contributed by atoms with van der Waals surface area (Å²) in [6.45, 7) is 6.62. The molecule has 0 bridgehead atoms. The minimum absolute atomic E-state index is 0.000661. The van der Waals surface area contributed by atoms with Gasteiger partial charge >= 0.3 is 0 Å². The van der Waals surface area contributed by atoms with E-state index < -0.39 is 23.7 Å². The van der Waals surface area contributed by atoms with Gasteiger partial charge in [-0.25, -0.2) is 4.39 Å². The van der Waals surface area contributed by atoms with Crippen molar-refractivity contribution < 1.29 is 24.9 Å². The van der Waals surface area contributed by atoms with E-state index in [0.29, 0.717) is 28.9 Å². The van der Waals surface area contributed by atoms with Crippen molar-refractivity contribution in [1.82, 2.24) is 15.1 Å². The first-order chi connectivity index (χ1) is 17.6.